The van der Waals surface area contributed by atoms with E-state index in [0.717, 1.165) is 25.7 Å². The fourth-order valence-electron chi connectivity index (χ4n) is 2.71. The van der Waals surface area contributed by atoms with E-state index in [0.29, 0.717) is 0 Å². The Morgan fingerprint density at radius 3 is 2.79 bits per heavy atom. The number of aliphatic carboxylic acids is 1. The van der Waals surface area contributed by atoms with Crippen LogP contribution in [0.3, 0.4) is 0 Å². The number of amides is 1. The van der Waals surface area contributed by atoms with Crippen molar-refractivity contribution in [1.82, 2.24) is 5.32 Å². The molecule has 4 heteroatoms. The Morgan fingerprint density at radius 2 is 2.07 bits per heavy atom. The summed E-state index contributed by atoms with van der Waals surface area (Å²) in [7, 11) is 0. The molecule has 1 aliphatic heterocycles. The molecule has 1 heterocycles. The summed E-state index contributed by atoms with van der Waals surface area (Å²) in [5.74, 6) is -1.19. The second-order valence-corrected chi connectivity index (χ2v) is 4.27. The van der Waals surface area contributed by atoms with Gasteiger partial charge < -0.3 is 10.4 Å². The molecule has 0 aromatic rings. The molecule has 0 spiro atoms. The van der Waals surface area contributed by atoms with Crippen molar-refractivity contribution in [2.45, 2.75) is 38.1 Å². The summed E-state index contributed by atoms with van der Waals surface area (Å²) >= 11 is 0. The summed E-state index contributed by atoms with van der Waals surface area (Å²) in [5.41, 5.74) is 0. The van der Waals surface area contributed by atoms with E-state index in [4.69, 9.17) is 5.11 Å². The van der Waals surface area contributed by atoms with Crippen molar-refractivity contribution in [3.63, 3.8) is 0 Å². The third-order valence-corrected chi connectivity index (χ3v) is 3.41. The molecule has 2 rings (SSSR count). The number of fused-ring (bicyclic) bond motifs is 1. The van der Waals surface area contributed by atoms with Crippen LogP contribution in [0, 0.1) is 11.8 Å². The van der Waals surface area contributed by atoms with Gasteiger partial charge in [0.05, 0.1) is 5.92 Å². The lowest BCUT2D eigenvalue weighted by atomic mass is 9.73. The van der Waals surface area contributed by atoms with Gasteiger partial charge in [0.1, 0.15) is 0 Å². The van der Waals surface area contributed by atoms with Gasteiger partial charge >= 0.3 is 5.97 Å². The van der Waals surface area contributed by atoms with Gasteiger partial charge in [0.25, 0.3) is 0 Å². The summed E-state index contributed by atoms with van der Waals surface area (Å²) in [6.45, 7) is 0. The molecule has 2 fully saturated rings. The van der Waals surface area contributed by atoms with Crippen LogP contribution in [0.15, 0.2) is 0 Å². The predicted molar refractivity (Wildman–Crippen MR) is 49.6 cm³/mol. The minimum atomic E-state index is -0.809. The molecule has 1 aliphatic carbocycles. The quantitative estimate of drug-likeness (QED) is 0.652. The fourth-order valence-corrected chi connectivity index (χ4v) is 2.71. The van der Waals surface area contributed by atoms with E-state index in [1.807, 2.05) is 0 Å². The van der Waals surface area contributed by atoms with E-state index in [1.54, 1.807) is 0 Å². The molecule has 0 radical (unpaired) electrons. The first-order chi connectivity index (χ1) is 6.68. The molecule has 78 valence electrons. The van der Waals surface area contributed by atoms with Crippen LogP contribution in [-0.4, -0.2) is 23.0 Å². The number of rotatable bonds is 1. The lowest BCUT2D eigenvalue weighted by Crippen LogP contribution is -2.52. The number of nitrogens with one attached hydrogen (secondary N) is 1. The van der Waals surface area contributed by atoms with E-state index < -0.39 is 11.9 Å². The van der Waals surface area contributed by atoms with Crippen LogP contribution < -0.4 is 5.32 Å². The second-order valence-electron chi connectivity index (χ2n) is 4.27. The van der Waals surface area contributed by atoms with Gasteiger partial charge in [-0.2, -0.15) is 0 Å². The number of hydrogen-bond acceptors (Lipinski definition) is 2. The highest BCUT2D eigenvalue weighted by atomic mass is 16.4. The number of carbonyl (C=O) groups excluding carboxylic acids is 1. The molecule has 0 unspecified atom stereocenters. The van der Waals surface area contributed by atoms with Gasteiger partial charge in [0.2, 0.25) is 5.91 Å². The van der Waals surface area contributed by atoms with Gasteiger partial charge in [0.15, 0.2) is 0 Å². The second kappa shape index (κ2) is 3.59. The summed E-state index contributed by atoms with van der Waals surface area (Å²) in [6.07, 6.45) is 4.26. The van der Waals surface area contributed by atoms with E-state index >= 15 is 0 Å². The maximum absolute atomic E-state index is 11.3. The number of piperidine rings is 1. The van der Waals surface area contributed by atoms with Crippen molar-refractivity contribution in [3.05, 3.63) is 0 Å². The van der Waals surface area contributed by atoms with E-state index in [-0.39, 0.29) is 24.3 Å². The highest BCUT2D eigenvalue weighted by Gasteiger charge is 2.41. The molecular formula is C10H15NO3. The molecule has 0 aromatic carbocycles. The van der Waals surface area contributed by atoms with Crippen molar-refractivity contribution in [1.29, 1.82) is 0 Å². The lowest BCUT2D eigenvalue weighted by Gasteiger charge is -2.39. The summed E-state index contributed by atoms with van der Waals surface area (Å²) < 4.78 is 0. The smallest absolute Gasteiger partial charge is 0.307 e. The van der Waals surface area contributed by atoms with Crippen LogP contribution in [0.1, 0.15) is 32.1 Å². The molecule has 14 heavy (non-hydrogen) atoms. The van der Waals surface area contributed by atoms with E-state index in [9.17, 15) is 9.59 Å². The van der Waals surface area contributed by atoms with Crippen LogP contribution in [-0.2, 0) is 9.59 Å². The zero-order chi connectivity index (χ0) is 10.1. The number of carbonyl (C=O) groups is 2. The summed E-state index contributed by atoms with van der Waals surface area (Å²) in [4.78, 5) is 22.2. The molecule has 4 nitrogen and oxygen atoms in total. The number of carboxylic acid groups (broad SMARTS) is 1. The topological polar surface area (TPSA) is 66.4 Å². The number of carboxylic acids is 1. The highest BCUT2D eigenvalue weighted by molar-refractivity contribution is 5.84. The van der Waals surface area contributed by atoms with Crippen LogP contribution in [0.25, 0.3) is 0 Å². The molecule has 1 amide bonds. The Bertz CT molecular complexity index is 262. The molecule has 2 aliphatic rings. The van der Waals surface area contributed by atoms with E-state index in [2.05, 4.69) is 5.32 Å². The Hall–Kier alpha value is -1.06. The summed E-state index contributed by atoms with van der Waals surface area (Å²) in [6, 6.07) is 0.117. The van der Waals surface area contributed by atoms with Gasteiger partial charge in [-0.25, -0.2) is 0 Å². The van der Waals surface area contributed by atoms with Crippen molar-refractivity contribution < 1.29 is 14.7 Å². The monoisotopic (exact) mass is 197 g/mol. The molecule has 2 N–H and O–H groups in total. The maximum Gasteiger partial charge on any atom is 0.307 e. The van der Waals surface area contributed by atoms with Crippen LogP contribution in [0.4, 0.5) is 0 Å². The Morgan fingerprint density at radius 1 is 1.36 bits per heavy atom. The standard InChI is InChI=1S/C10H15NO3/c12-9-5-7(10(13)14)6-3-1-2-4-8(6)11-9/h6-8H,1-5H2,(H,11,12)(H,13,14)/t6-,7+,8+/m1/s1. The zero-order valence-corrected chi connectivity index (χ0v) is 8.03. The van der Waals surface area contributed by atoms with Gasteiger partial charge in [-0.3, -0.25) is 9.59 Å². The van der Waals surface area contributed by atoms with Crippen LogP contribution >= 0.6 is 0 Å². The molecule has 0 aromatic heterocycles. The van der Waals surface area contributed by atoms with Gasteiger partial charge in [0, 0.05) is 12.5 Å². The predicted octanol–water partition coefficient (Wildman–Crippen LogP) is 0.766. The molecular weight excluding hydrogens is 182 g/mol. The first kappa shape index (κ1) is 9.49. The molecule has 1 saturated carbocycles. The first-order valence-corrected chi connectivity index (χ1v) is 5.20. The normalized spacial score (nSPS) is 37.1. The minimum Gasteiger partial charge on any atom is -0.481 e. The molecule has 0 bridgehead atoms. The Balaban J connectivity index is 2.14. The van der Waals surface area contributed by atoms with Crippen molar-refractivity contribution >= 4 is 11.9 Å². The highest BCUT2D eigenvalue weighted by Crippen LogP contribution is 2.35. The SMILES string of the molecule is O=C1C[C@H](C(=O)O)[C@H]2CCCC[C@@H]2N1. The van der Waals surface area contributed by atoms with Crippen LogP contribution in [0.2, 0.25) is 0 Å². The molecule has 1 saturated heterocycles. The van der Waals surface area contributed by atoms with Gasteiger partial charge in [-0.05, 0) is 18.8 Å². The third kappa shape index (κ3) is 1.61. The Labute approximate surface area is 82.7 Å². The average Bonchev–Trinajstić information content (AvgIpc) is 2.16. The van der Waals surface area contributed by atoms with Gasteiger partial charge in [-0.15, -0.1) is 0 Å². The zero-order valence-electron chi connectivity index (χ0n) is 8.03. The first-order valence-electron chi connectivity index (χ1n) is 5.20. The summed E-state index contributed by atoms with van der Waals surface area (Å²) in [5, 5.41) is 11.9. The third-order valence-electron chi connectivity index (χ3n) is 3.41. The van der Waals surface area contributed by atoms with Gasteiger partial charge in [-0.1, -0.05) is 12.8 Å². The Kier molecular flexibility index (Phi) is 2.44. The lowest BCUT2D eigenvalue weighted by molar-refractivity contribution is -0.150. The van der Waals surface area contributed by atoms with Crippen LogP contribution in [0.5, 0.6) is 0 Å². The molecule has 3 atom stereocenters. The average molecular weight is 197 g/mol. The minimum absolute atomic E-state index is 0.0967. The fraction of sp³-hybridized carbons (Fsp3) is 0.800. The van der Waals surface area contributed by atoms with Crippen molar-refractivity contribution in [2.75, 3.05) is 0 Å². The van der Waals surface area contributed by atoms with E-state index in [1.165, 1.54) is 0 Å². The van der Waals surface area contributed by atoms with Crippen molar-refractivity contribution in [2.24, 2.45) is 11.8 Å². The number of hydrogen-bond donors (Lipinski definition) is 2. The largest absolute Gasteiger partial charge is 0.481 e. The van der Waals surface area contributed by atoms with Crippen molar-refractivity contribution in [3.8, 4) is 0 Å². The maximum atomic E-state index is 11.3.